The first-order chi connectivity index (χ1) is 11.0. The van der Waals surface area contributed by atoms with Crippen LogP contribution < -0.4 is 0 Å². The van der Waals surface area contributed by atoms with E-state index in [1.165, 1.54) is 34.9 Å². The number of hydrogen-bond donors (Lipinski definition) is 0. The number of hydrogen-bond acceptors (Lipinski definition) is 2. The molecular formula is C20H21N3. The molecular weight excluding hydrogens is 282 g/mol. The number of rotatable bonds is 1. The molecule has 0 saturated heterocycles. The highest BCUT2D eigenvalue weighted by Crippen LogP contribution is 2.67. The summed E-state index contributed by atoms with van der Waals surface area (Å²) in [6, 6.07) is 10.5. The van der Waals surface area contributed by atoms with Crippen LogP contribution in [0.1, 0.15) is 50.8 Å². The van der Waals surface area contributed by atoms with Crippen LogP contribution in [0.3, 0.4) is 0 Å². The average molecular weight is 303 g/mol. The van der Waals surface area contributed by atoms with Gasteiger partial charge < -0.3 is 0 Å². The summed E-state index contributed by atoms with van der Waals surface area (Å²) in [5.74, 6) is 1.54. The third kappa shape index (κ3) is 1.41. The Morgan fingerprint density at radius 3 is 2.83 bits per heavy atom. The fraction of sp³-hybridized carbons (Fsp3) is 0.400. The van der Waals surface area contributed by atoms with Crippen LogP contribution in [-0.4, -0.2) is 14.8 Å². The van der Waals surface area contributed by atoms with Gasteiger partial charge in [0.15, 0.2) is 5.82 Å². The smallest absolute Gasteiger partial charge is 0.161 e. The largest absolute Gasteiger partial charge is 0.237 e. The third-order valence-corrected chi connectivity index (χ3v) is 6.81. The molecule has 0 radical (unpaired) electrons. The van der Waals surface area contributed by atoms with Gasteiger partial charge in [0.25, 0.3) is 0 Å². The summed E-state index contributed by atoms with van der Waals surface area (Å²) in [4.78, 5) is 4.68. The van der Waals surface area contributed by atoms with Crippen LogP contribution >= 0.6 is 0 Å². The van der Waals surface area contributed by atoms with E-state index in [0.29, 0.717) is 11.3 Å². The highest BCUT2D eigenvalue weighted by atomic mass is 15.3. The summed E-state index contributed by atoms with van der Waals surface area (Å²) >= 11 is 0. The minimum atomic E-state index is 0.246. The van der Waals surface area contributed by atoms with Gasteiger partial charge in [0.05, 0.1) is 11.9 Å². The van der Waals surface area contributed by atoms with Crippen molar-refractivity contribution >= 4 is 10.8 Å². The summed E-state index contributed by atoms with van der Waals surface area (Å²) in [6.07, 6.45) is 6.52. The van der Waals surface area contributed by atoms with E-state index in [4.69, 9.17) is 5.10 Å². The number of benzene rings is 1. The van der Waals surface area contributed by atoms with Crippen molar-refractivity contribution in [3.63, 3.8) is 0 Å². The number of pyridine rings is 1. The lowest BCUT2D eigenvalue weighted by Gasteiger charge is -2.34. The molecule has 2 aromatic heterocycles. The fourth-order valence-corrected chi connectivity index (χ4v) is 5.02. The van der Waals surface area contributed by atoms with E-state index in [9.17, 15) is 0 Å². The Hall–Kier alpha value is -2.16. The summed E-state index contributed by atoms with van der Waals surface area (Å²) in [6.45, 7) is 7.26. The topological polar surface area (TPSA) is 30.7 Å². The molecule has 0 aliphatic heterocycles. The molecule has 1 saturated carbocycles. The molecule has 2 aliphatic rings. The van der Waals surface area contributed by atoms with Gasteiger partial charge in [-0.25, -0.2) is 9.67 Å². The van der Waals surface area contributed by atoms with E-state index in [1.807, 2.05) is 6.20 Å². The van der Waals surface area contributed by atoms with E-state index in [1.54, 1.807) is 0 Å². The van der Waals surface area contributed by atoms with Crippen molar-refractivity contribution in [1.29, 1.82) is 0 Å². The van der Waals surface area contributed by atoms with Crippen molar-refractivity contribution < 1.29 is 0 Å². The maximum atomic E-state index is 4.76. The van der Waals surface area contributed by atoms with Gasteiger partial charge in [0.1, 0.15) is 0 Å². The Balaban J connectivity index is 1.80. The Kier molecular flexibility index (Phi) is 2.33. The molecule has 116 valence electrons. The van der Waals surface area contributed by atoms with Gasteiger partial charge in [-0.15, -0.1) is 0 Å². The quantitative estimate of drug-likeness (QED) is 0.658. The number of aromatic nitrogens is 3. The first kappa shape index (κ1) is 13.3. The zero-order chi connectivity index (χ0) is 15.8. The molecule has 1 aromatic carbocycles. The SMILES string of the molecule is CC12CCC(c3c1cnn3-c1nccc3ccccc13)C2(C)C. The predicted molar refractivity (Wildman–Crippen MR) is 92.0 cm³/mol. The molecule has 1 fully saturated rings. The second-order valence-corrected chi connectivity index (χ2v) is 7.86. The van der Waals surface area contributed by atoms with Crippen LogP contribution in [0.25, 0.3) is 16.6 Å². The molecule has 23 heavy (non-hydrogen) atoms. The van der Waals surface area contributed by atoms with Crippen molar-refractivity contribution in [2.75, 3.05) is 0 Å². The van der Waals surface area contributed by atoms with Crippen molar-refractivity contribution in [2.24, 2.45) is 5.41 Å². The first-order valence-corrected chi connectivity index (χ1v) is 8.46. The van der Waals surface area contributed by atoms with Gasteiger partial charge in [-0.3, -0.25) is 0 Å². The lowest BCUT2D eigenvalue weighted by Crippen LogP contribution is -2.31. The minimum Gasteiger partial charge on any atom is -0.237 e. The van der Waals surface area contributed by atoms with Gasteiger partial charge in [0, 0.05) is 28.5 Å². The standard InChI is InChI=1S/C20H21N3/c1-19(2)15-8-10-20(19,3)16-12-22-23(17(15)16)18-14-7-5-4-6-13(14)9-11-21-18/h4-7,9,11-12,15H,8,10H2,1-3H3. The summed E-state index contributed by atoms with van der Waals surface area (Å²) < 4.78 is 2.12. The molecule has 2 atom stereocenters. The van der Waals surface area contributed by atoms with E-state index in [0.717, 1.165) is 5.82 Å². The summed E-state index contributed by atoms with van der Waals surface area (Å²) in [7, 11) is 0. The minimum absolute atomic E-state index is 0.246. The van der Waals surface area contributed by atoms with Gasteiger partial charge >= 0.3 is 0 Å². The van der Waals surface area contributed by atoms with E-state index in [2.05, 4.69) is 67.0 Å². The molecule has 3 nitrogen and oxygen atoms in total. The summed E-state index contributed by atoms with van der Waals surface area (Å²) in [5, 5.41) is 7.15. The Morgan fingerprint density at radius 2 is 1.96 bits per heavy atom. The molecule has 2 aliphatic carbocycles. The van der Waals surface area contributed by atoms with Crippen molar-refractivity contribution in [1.82, 2.24) is 14.8 Å². The Morgan fingerprint density at radius 1 is 1.13 bits per heavy atom. The maximum Gasteiger partial charge on any atom is 0.161 e. The molecule has 0 N–H and O–H groups in total. The van der Waals surface area contributed by atoms with Crippen molar-refractivity contribution in [2.45, 2.75) is 44.9 Å². The molecule has 2 heterocycles. The number of fused-ring (bicyclic) bond motifs is 6. The second-order valence-electron chi connectivity index (χ2n) is 7.86. The van der Waals surface area contributed by atoms with Crippen LogP contribution in [0.2, 0.25) is 0 Å². The summed E-state index contributed by atoms with van der Waals surface area (Å²) in [5.41, 5.74) is 3.38. The zero-order valence-electron chi connectivity index (χ0n) is 13.9. The van der Waals surface area contributed by atoms with Crippen LogP contribution in [0, 0.1) is 5.41 Å². The highest BCUT2D eigenvalue weighted by Gasteiger charge is 2.61. The molecule has 2 unspecified atom stereocenters. The van der Waals surface area contributed by atoms with Crippen LogP contribution in [0.4, 0.5) is 0 Å². The maximum absolute atomic E-state index is 4.76. The van der Waals surface area contributed by atoms with Crippen molar-refractivity contribution in [3.8, 4) is 5.82 Å². The zero-order valence-corrected chi connectivity index (χ0v) is 13.9. The van der Waals surface area contributed by atoms with Gasteiger partial charge in [-0.1, -0.05) is 45.0 Å². The van der Waals surface area contributed by atoms with Crippen LogP contribution in [-0.2, 0) is 5.41 Å². The molecule has 0 amide bonds. The van der Waals surface area contributed by atoms with Crippen molar-refractivity contribution in [3.05, 3.63) is 54.0 Å². The monoisotopic (exact) mass is 303 g/mol. The highest BCUT2D eigenvalue weighted by molar-refractivity contribution is 5.88. The Labute approximate surface area is 136 Å². The van der Waals surface area contributed by atoms with E-state index in [-0.39, 0.29) is 5.41 Å². The van der Waals surface area contributed by atoms with Gasteiger partial charge in [-0.05, 0) is 29.7 Å². The van der Waals surface area contributed by atoms with Gasteiger partial charge in [0.2, 0.25) is 0 Å². The fourth-order valence-electron chi connectivity index (χ4n) is 5.02. The number of nitrogens with zero attached hydrogens (tertiary/aromatic N) is 3. The molecule has 3 heteroatoms. The van der Waals surface area contributed by atoms with Crippen LogP contribution in [0.5, 0.6) is 0 Å². The first-order valence-electron chi connectivity index (χ1n) is 8.46. The normalized spacial score (nSPS) is 27.5. The molecule has 5 rings (SSSR count). The molecule has 2 bridgehead atoms. The van der Waals surface area contributed by atoms with Crippen LogP contribution in [0.15, 0.2) is 42.7 Å². The molecule has 3 aromatic rings. The Bertz CT molecular complexity index is 932. The van der Waals surface area contributed by atoms with E-state index >= 15 is 0 Å². The second kappa shape index (κ2) is 4.02. The lowest BCUT2D eigenvalue weighted by molar-refractivity contribution is 0.228. The predicted octanol–water partition coefficient (Wildman–Crippen LogP) is 4.60. The lowest BCUT2D eigenvalue weighted by atomic mass is 9.69. The van der Waals surface area contributed by atoms with E-state index < -0.39 is 0 Å². The van der Waals surface area contributed by atoms with Gasteiger partial charge in [-0.2, -0.15) is 5.10 Å². The molecule has 0 spiro atoms. The third-order valence-electron chi connectivity index (χ3n) is 6.81. The average Bonchev–Trinajstić information content (AvgIpc) is 3.13.